The average molecular weight is 396 g/mol. The molecule has 152 valence electrons. The summed E-state index contributed by atoms with van der Waals surface area (Å²) in [7, 11) is 0. The molecule has 0 aliphatic carbocycles. The number of halogens is 5. The Morgan fingerprint density at radius 2 is 1.30 bits per heavy atom. The number of ether oxygens (including phenoxy) is 2. The molecule has 0 radical (unpaired) electrons. The summed E-state index contributed by atoms with van der Waals surface area (Å²) in [5.74, 6) is -14.2. The fourth-order valence-corrected chi connectivity index (χ4v) is 1.89. The molecule has 0 unspecified atom stereocenters. The molecule has 0 aromatic heterocycles. The molecule has 1 aromatic carbocycles. The Morgan fingerprint density at radius 1 is 0.852 bits per heavy atom. The van der Waals surface area contributed by atoms with Crippen molar-refractivity contribution in [3.8, 4) is 5.75 Å². The van der Waals surface area contributed by atoms with Crippen LogP contribution in [0.3, 0.4) is 0 Å². The van der Waals surface area contributed by atoms with E-state index in [0.717, 1.165) is 0 Å². The largest absolute Gasteiger partial charge is 0.420 e. The quantitative estimate of drug-likeness (QED) is 0.214. The van der Waals surface area contributed by atoms with Gasteiger partial charge in [0.1, 0.15) is 5.78 Å². The van der Waals surface area contributed by atoms with Gasteiger partial charge in [0.05, 0.1) is 17.6 Å². The van der Waals surface area contributed by atoms with E-state index in [0.29, 0.717) is 6.42 Å². The van der Waals surface area contributed by atoms with Gasteiger partial charge in [-0.25, -0.2) is 13.2 Å². The van der Waals surface area contributed by atoms with Crippen molar-refractivity contribution in [1.29, 1.82) is 0 Å². The van der Waals surface area contributed by atoms with E-state index in [1.54, 1.807) is 13.8 Å². The van der Waals surface area contributed by atoms with Crippen LogP contribution in [0.2, 0.25) is 0 Å². The van der Waals surface area contributed by atoms with E-state index in [9.17, 15) is 31.5 Å². The van der Waals surface area contributed by atoms with E-state index < -0.39 is 51.8 Å². The monoisotopic (exact) mass is 396 g/mol. The standard InChI is InChI=1S/C18H21F5O4/c1-9(24)6-7-18(4,5)26-8-17(2,3)16(25)27-15-13(22)11(20)10(19)12(21)14(15)23/h6-8H2,1-5H3. The molecule has 0 aliphatic heterocycles. The first-order chi connectivity index (χ1) is 12.2. The SMILES string of the molecule is CC(=O)CCC(C)(C)OCC(C)(C)C(=O)Oc1c(F)c(F)c(F)c(F)c1F. The van der Waals surface area contributed by atoms with Crippen LogP contribution in [0.25, 0.3) is 0 Å². The Hall–Kier alpha value is -2.03. The second-order valence-electron chi connectivity index (χ2n) is 7.42. The zero-order valence-electron chi connectivity index (χ0n) is 15.6. The predicted molar refractivity (Wildman–Crippen MR) is 85.6 cm³/mol. The molecule has 1 aromatic rings. The van der Waals surface area contributed by atoms with Gasteiger partial charge >= 0.3 is 5.97 Å². The first-order valence-electron chi connectivity index (χ1n) is 8.06. The number of benzene rings is 1. The van der Waals surface area contributed by atoms with Crippen molar-refractivity contribution in [2.45, 2.75) is 53.1 Å². The van der Waals surface area contributed by atoms with E-state index in [1.807, 2.05) is 0 Å². The fourth-order valence-electron chi connectivity index (χ4n) is 1.89. The van der Waals surface area contributed by atoms with Crippen molar-refractivity contribution >= 4 is 11.8 Å². The molecule has 0 bridgehead atoms. The van der Waals surface area contributed by atoms with Gasteiger partial charge in [0, 0.05) is 6.42 Å². The number of carbonyl (C=O) groups is 2. The maximum atomic E-state index is 13.6. The minimum absolute atomic E-state index is 0.0448. The van der Waals surface area contributed by atoms with Crippen molar-refractivity contribution in [1.82, 2.24) is 0 Å². The zero-order valence-corrected chi connectivity index (χ0v) is 15.6. The Bertz CT molecular complexity index is 715. The topological polar surface area (TPSA) is 52.6 Å². The van der Waals surface area contributed by atoms with Gasteiger partial charge in [-0.05, 0) is 41.0 Å². The smallest absolute Gasteiger partial charge is 0.319 e. The number of carbonyl (C=O) groups excluding carboxylic acids is 2. The maximum Gasteiger partial charge on any atom is 0.319 e. The molecular formula is C18H21F5O4. The van der Waals surface area contributed by atoms with E-state index >= 15 is 0 Å². The highest BCUT2D eigenvalue weighted by atomic mass is 19.2. The Morgan fingerprint density at radius 3 is 1.74 bits per heavy atom. The summed E-state index contributed by atoms with van der Waals surface area (Å²) in [6.45, 7) is 7.15. The number of Topliss-reactive ketones (excluding diaryl/α,β-unsaturated/α-hetero) is 1. The summed E-state index contributed by atoms with van der Waals surface area (Å²) in [5.41, 5.74) is -2.25. The average Bonchev–Trinajstić information content (AvgIpc) is 2.58. The number of hydrogen-bond donors (Lipinski definition) is 0. The highest BCUT2D eigenvalue weighted by Crippen LogP contribution is 2.31. The number of ketones is 1. The lowest BCUT2D eigenvalue weighted by Crippen LogP contribution is -2.38. The van der Waals surface area contributed by atoms with Gasteiger partial charge in [-0.2, -0.15) is 8.78 Å². The van der Waals surface area contributed by atoms with Crippen LogP contribution in [-0.4, -0.2) is 24.0 Å². The highest BCUT2D eigenvalue weighted by molar-refractivity contribution is 5.78. The Kier molecular flexibility index (Phi) is 7.10. The fraction of sp³-hybridized carbons (Fsp3) is 0.556. The van der Waals surface area contributed by atoms with Gasteiger partial charge in [-0.3, -0.25) is 4.79 Å². The summed E-state index contributed by atoms with van der Waals surface area (Å²) in [6.07, 6.45) is 0.619. The van der Waals surface area contributed by atoms with E-state index in [2.05, 4.69) is 4.74 Å². The molecule has 0 fully saturated rings. The maximum absolute atomic E-state index is 13.6. The van der Waals surface area contributed by atoms with Gasteiger partial charge in [0.25, 0.3) is 0 Å². The van der Waals surface area contributed by atoms with E-state index in [-0.39, 0.29) is 18.8 Å². The van der Waals surface area contributed by atoms with Gasteiger partial charge in [0.15, 0.2) is 0 Å². The highest BCUT2D eigenvalue weighted by Gasteiger charge is 2.36. The Balaban J connectivity index is 2.92. The van der Waals surface area contributed by atoms with Crippen LogP contribution in [0.15, 0.2) is 0 Å². The van der Waals surface area contributed by atoms with Crippen LogP contribution in [0.5, 0.6) is 5.75 Å². The molecule has 0 amide bonds. The molecule has 0 saturated heterocycles. The molecule has 0 N–H and O–H groups in total. The van der Waals surface area contributed by atoms with Crippen molar-refractivity contribution < 1.29 is 41.0 Å². The van der Waals surface area contributed by atoms with E-state index in [1.165, 1.54) is 20.8 Å². The van der Waals surface area contributed by atoms with Gasteiger partial charge in [-0.1, -0.05) is 0 Å². The first kappa shape index (κ1) is 23.0. The summed E-state index contributed by atoms with van der Waals surface area (Å²) in [4.78, 5) is 23.3. The molecule has 0 saturated carbocycles. The summed E-state index contributed by atoms with van der Waals surface area (Å²) in [5, 5.41) is 0. The molecule has 4 nitrogen and oxygen atoms in total. The number of rotatable bonds is 8. The second-order valence-corrected chi connectivity index (χ2v) is 7.42. The van der Waals surface area contributed by atoms with Crippen molar-refractivity contribution in [3.63, 3.8) is 0 Å². The van der Waals surface area contributed by atoms with Crippen LogP contribution < -0.4 is 4.74 Å². The minimum Gasteiger partial charge on any atom is -0.420 e. The lowest BCUT2D eigenvalue weighted by molar-refractivity contribution is -0.152. The third-order valence-corrected chi connectivity index (χ3v) is 3.82. The molecule has 0 aliphatic rings. The van der Waals surface area contributed by atoms with Crippen LogP contribution in [0.4, 0.5) is 22.0 Å². The lowest BCUT2D eigenvalue weighted by Gasteiger charge is -2.30. The summed E-state index contributed by atoms with van der Waals surface area (Å²) < 4.78 is 76.8. The number of hydrogen-bond acceptors (Lipinski definition) is 4. The van der Waals surface area contributed by atoms with Crippen LogP contribution in [0.1, 0.15) is 47.5 Å². The normalized spacial score (nSPS) is 12.2. The Labute approximate surface area is 153 Å². The summed E-state index contributed by atoms with van der Waals surface area (Å²) in [6, 6.07) is 0. The van der Waals surface area contributed by atoms with Crippen LogP contribution in [0, 0.1) is 34.5 Å². The molecule has 9 heteroatoms. The van der Waals surface area contributed by atoms with E-state index in [4.69, 9.17) is 4.74 Å². The van der Waals surface area contributed by atoms with Crippen molar-refractivity contribution in [2.24, 2.45) is 5.41 Å². The minimum atomic E-state index is -2.35. The van der Waals surface area contributed by atoms with Gasteiger partial charge < -0.3 is 14.3 Å². The third kappa shape index (κ3) is 5.72. The molecule has 1 rings (SSSR count). The molecule has 0 heterocycles. The molecular weight excluding hydrogens is 375 g/mol. The van der Waals surface area contributed by atoms with Crippen LogP contribution in [-0.2, 0) is 14.3 Å². The first-order valence-corrected chi connectivity index (χ1v) is 8.06. The van der Waals surface area contributed by atoms with Crippen molar-refractivity contribution in [3.05, 3.63) is 29.1 Å². The second kappa shape index (κ2) is 8.33. The predicted octanol–water partition coefficient (Wildman–Crippen LogP) is 4.48. The molecule has 0 atom stereocenters. The van der Waals surface area contributed by atoms with Crippen molar-refractivity contribution in [2.75, 3.05) is 6.61 Å². The van der Waals surface area contributed by atoms with Gasteiger partial charge in [0.2, 0.25) is 34.8 Å². The molecule has 0 spiro atoms. The number of esters is 1. The zero-order chi connectivity index (χ0) is 21.2. The van der Waals surface area contributed by atoms with Crippen LogP contribution >= 0.6 is 0 Å². The summed E-state index contributed by atoms with van der Waals surface area (Å²) >= 11 is 0. The van der Waals surface area contributed by atoms with Gasteiger partial charge in [-0.15, -0.1) is 0 Å². The molecule has 27 heavy (non-hydrogen) atoms. The third-order valence-electron chi connectivity index (χ3n) is 3.82. The lowest BCUT2D eigenvalue weighted by atomic mass is 9.94.